The van der Waals surface area contributed by atoms with E-state index in [2.05, 4.69) is 6.92 Å². The van der Waals surface area contributed by atoms with Crippen LogP contribution in [0.25, 0.3) is 0 Å². The highest BCUT2D eigenvalue weighted by Gasteiger charge is 2.32. The fraction of sp³-hybridized carbons (Fsp3) is 0.588. The Hall–Kier alpha value is -1.46. The van der Waals surface area contributed by atoms with Gasteiger partial charge in [-0.3, -0.25) is 4.79 Å². The van der Waals surface area contributed by atoms with Crippen molar-refractivity contribution in [3.63, 3.8) is 0 Å². The van der Waals surface area contributed by atoms with Gasteiger partial charge in [0.25, 0.3) is 5.91 Å². The maximum Gasteiger partial charge on any atom is 0.254 e. The topological polar surface area (TPSA) is 64.8 Å². The molecule has 1 aromatic carbocycles. The van der Waals surface area contributed by atoms with Gasteiger partial charge in [0, 0.05) is 18.2 Å². The molecule has 1 heterocycles. The number of nitrogens with zero attached hydrogens (tertiary/aromatic N) is 1. The van der Waals surface area contributed by atoms with Crippen molar-refractivity contribution < 1.29 is 14.3 Å². The number of likely N-dealkylation sites (tertiary alicyclic amines) is 1. The zero-order chi connectivity index (χ0) is 16.3. The smallest absolute Gasteiger partial charge is 0.254 e. The summed E-state index contributed by atoms with van der Waals surface area (Å²) in [5.41, 5.74) is 6.36. The number of halogens is 1. The average molecular weight is 343 g/mol. The molecule has 1 aliphatic heterocycles. The highest BCUT2D eigenvalue weighted by atomic mass is 35.5. The Morgan fingerprint density at radius 3 is 2.61 bits per heavy atom. The minimum absolute atomic E-state index is 0. The molecule has 1 aliphatic rings. The van der Waals surface area contributed by atoms with Crippen molar-refractivity contribution in [3.05, 3.63) is 23.8 Å². The fourth-order valence-corrected chi connectivity index (χ4v) is 2.91. The minimum atomic E-state index is 0. The summed E-state index contributed by atoms with van der Waals surface area (Å²) in [7, 11) is 1.58. The third kappa shape index (κ3) is 4.52. The second kappa shape index (κ2) is 8.41. The SMILES string of the molecule is COc1cc(C(=O)N2CC(CN)CC2C)ccc1OC(C)C.Cl. The van der Waals surface area contributed by atoms with E-state index in [1.165, 1.54) is 0 Å². The molecule has 0 bridgehead atoms. The molecule has 1 aromatic rings. The van der Waals surface area contributed by atoms with E-state index in [-0.39, 0.29) is 30.5 Å². The molecule has 2 rings (SSSR count). The Balaban J connectivity index is 0.00000264. The lowest BCUT2D eigenvalue weighted by Crippen LogP contribution is -2.34. The van der Waals surface area contributed by atoms with Gasteiger partial charge in [-0.1, -0.05) is 0 Å². The molecular formula is C17H27ClN2O3. The summed E-state index contributed by atoms with van der Waals surface area (Å²) in [6.45, 7) is 7.33. The number of rotatable bonds is 5. The van der Waals surface area contributed by atoms with E-state index in [0.29, 0.717) is 29.5 Å². The summed E-state index contributed by atoms with van der Waals surface area (Å²) >= 11 is 0. The summed E-state index contributed by atoms with van der Waals surface area (Å²) in [5.74, 6) is 1.66. The highest BCUT2D eigenvalue weighted by Crippen LogP contribution is 2.31. The number of carbonyl (C=O) groups is 1. The molecule has 6 heteroatoms. The molecule has 1 saturated heterocycles. The van der Waals surface area contributed by atoms with Gasteiger partial charge in [0.2, 0.25) is 0 Å². The van der Waals surface area contributed by atoms with Gasteiger partial charge < -0.3 is 20.1 Å². The molecule has 0 aromatic heterocycles. The Kier molecular flexibility index (Phi) is 7.16. The number of benzene rings is 1. The standard InChI is InChI=1S/C17H26N2O3.ClH/c1-11(2)22-15-6-5-14(8-16(15)21-4)17(20)19-10-13(9-18)7-12(19)3;/h5-6,8,11-13H,7,9-10,18H2,1-4H3;1H. The van der Waals surface area contributed by atoms with Crippen molar-refractivity contribution in [2.24, 2.45) is 11.7 Å². The van der Waals surface area contributed by atoms with E-state index in [1.54, 1.807) is 25.3 Å². The van der Waals surface area contributed by atoms with E-state index in [4.69, 9.17) is 15.2 Å². The van der Waals surface area contributed by atoms with Gasteiger partial charge in [-0.15, -0.1) is 12.4 Å². The molecule has 2 unspecified atom stereocenters. The molecular weight excluding hydrogens is 316 g/mol. The van der Waals surface area contributed by atoms with Crippen molar-refractivity contribution >= 4 is 18.3 Å². The number of hydrogen-bond donors (Lipinski definition) is 1. The van der Waals surface area contributed by atoms with Crippen molar-refractivity contribution in [3.8, 4) is 11.5 Å². The first-order valence-electron chi connectivity index (χ1n) is 7.82. The normalized spacial score (nSPS) is 20.3. The highest BCUT2D eigenvalue weighted by molar-refractivity contribution is 5.95. The Morgan fingerprint density at radius 1 is 1.39 bits per heavy atom. The number of methoxy groups -OCH3 is 1. The molecule has 1 amide bonds. The van der Waals surface area contributed by atoms with Crippen LogP contribution in [0, 0.1) is 5.92 Å². The van der Waals surface area contributed by atoms with Gasteiger partial charge in [-0.05, 0) is 57.9 Å². The molecule has 2 N–H and O–H groups in total. The summed E-state index contributed by atoms with van der Waals surface area (Å²) < 4.78 is 11.0. The average Bonchev–Trinajstić information content (AvgIpc) is 2.87. The van der Waals surface area contributed by atoms with Crippen LogP contribution in [0.4, 0.5) is 0 Å². The molecule has 1 fully saturated rings. The maximum absolute atomic E-state index is 12.7. The molecule has 2 atom stereocenters. The minimum Gasteiger partial charge on any atom is -0.493 e. The molecule has 130 valence electrons. The van der Waals surface area contributed by atoms with Gasteiger partial charge >= 0.3 is 0 Å². The number of carbonyl (C=O) groups excluding carboxylic acids is 1. The van der Waals surface area contributed by atoms with Crippen LogP contribution in [0.2, 0.25) is 0 Å². The van der Waals surface area contributed by atoms with E-state index in [1.807, 2.05) is 18.7 Å². The van der Waals surface area contributed by atoms with Crippen LogP contribution in [-0.2, 0) is 0 Å². The van der Waals surface area contributed by atoms with Gasteiger partial charge in [0.15, 0.2) is 11.5 Å². The number of amides is 1. The van der Waals surface area contributed by atoms with Gasteiger partial charge in [-0.2, -0.15) is 0 Å². The lowest BCUT2D eigenvalue weighted by molar-refractivity contribution is 0.0743. The fourth-order valence-electron chi connectivity index (χ4n) is 2.91. The zero-order valence-corrected chi connectivity index (χ0v) is 15.1. The molecule has 0 spiro atoms. The van der Waals surface area contributed by atoms with Crippen LogP contribution in [0.1, 0.15) is 37.6 Å². The van der Waals surface area contributed by atoms with Crippen molar-refractivity contribution in [2.45, 2.75) is 39.3 Å². The summed E-state index contributed by atoms with van der Waals surface area (Å²) in [5, 5.41) is 0. The van der Waals surface area contributed by atoms with Gasteiger partial charge in [-0.25, -0.2) is 0 Å². The Labute approximate surface area is 144 Å². The number of ether oxygens (including phenoxy) is 2. The monoisotopic (exact) mass is 342 g/mol. The molecule has 0 aliphatic carbocycles. The maximum atomic E-state index is 12.7. The van der Waals surface area contributed by atoms with Crippen LogP contribution in [0.3, 0.4) is 0 Å². The van der Waals surface area contributed by atoms with Gasteiger partial charge in [0.05, 0.1) is 13.2 Å². The van der Waals surface area contributed by atoms with Crippen LogP contribution in [-0.4, -0.2) is 43.2 Å². The van der Waals surface area contributed by atoms with Crippen molar-refractivity contribution in [1.82, 2.24) is 4.90 Å². The van der Waals surface area contributed by atoms with Crippen molar-refractivity contribution in [2.75, 3.05) is 20.2 Å². The predicted octanol–water partition coefficient (Wildman–Crippen LogP) is 2.71. The first kappa shape index (κ1) is 19.6. The largest absolute Gasteiger partial charge is 0.493 e. The third-order valence-electron chi connectivity index (χ3n) is 4.03. The van der Waals surface area contributed by atoms with E-state index in [9.17, 15) is 4.79 Å². The Morgan fingerprint density at radius 2 is 2.09 bits per heavy atom. The molecule has 0 radical (unpaired) electrons. The molecule has 0 saturated carbocycles. The first-order chi connectivity index (χ1) is 10.5. The first-order valence-corrected chi connectivity index (χ1v) is 7.82. The van der Waals surface area contributed by atoms with E-state index in [0.717, 1.165) is 13.0 Å². The molecule has 23 heavy (non-hydrogen) atoms. The predicted molar refractivity (Wildman–Crippen MR) is 93.7 cm³/mol. The third-order valence-corrected chi connectivity index (χ3v) is 4.03. The van der Waals surface area contributed by atoms with Crippen molar-refractivity contribution in [1.29, 1.82) is 0 Å². The van der Waals surface area contributed by atoms with Crippen LogP contribution in [0.15, 0.2) is 18.2 Å². The van der Waals surface area contributed by atoms with Gasteiger partial charge in [0.1, 0.15) is 0 Å². The quantitative estimate of drug-likeness (QED) is 0.893. The van der Waals surface area contributed by atoms with Crippen LogP contribution >= 0.6 is 12.4 Å². The lowest BCUT2D eigenvalue weighted by Gasteiger charge is -2.22. The summed E-state index contributed by atoms with van der Waals surface area (Å²) in [6, 6.07) is 5.57. The van der Waals surface area contributed by atoms with Crippen LogP contribution < -0.4 is 15.2 Å². The van der Waals surface area contributed by atoms with Crippen LogP contribution in [0.5, 0.6) is 11.5 Å². The lowest BCUT2D eigenvalue weighted by atomic mass is 10.1. The van der Waals surface area contributed by atoms with E-state index < -0.39 is 0 Å². The summed E-state index contributed by atoms with van der Waals surface area (Å²) in [4.78, 5) is 14.6. The number of nitrogens with two attached hydrogens (primary N) is 1. The van der Waals surface area contributed by atoms with E-state index >= 15 is 0 Å². The zero-order valence-electron chi connectivity index (χ0n) is 14.2. The second-order valence-corrected chi connectivity index (χ2v) is 6.18. The number of hydrogen-bond acceptors (Lipinski definition) is 4. The summed E-state index contributed by atoms with van der Waals surface area (Å²) in [6.07, 6.45) is 1.02. The molecule has 5 nitrogen and oxygen atoms in total. The Bertz CT molecular complexity index is 537. The second-order valence-electron chi connectivity index (χ2n) is 6.18.